The molecule has 1 atom stereocenters. The van der Waals surface area contributed by atoms with E-state index in [1.165, 1.54) is 4.88 Å². The van der Waals surface area contributed by atoms with Gasteiger partial charge in [-0.15, -0.1) is 11.3 Å². The molecule has 3 aromatic rings. The van der Waals surface area contributed by atoms with Crippen LogP contribution in [-0.2, 0) is 6.42 Å². The van der Waals surface area contributed by atoms with Crippen molar-refractivity contribution >= 4 is 28.2 Å². The summed E-state index contributed by atoms with van der Waals surface area (Å²) >= 11 is 1.75. The van der Waals surface area contributed by atoms with Crippen molar-refractivity contribution in [1.82, 2.24) is 10.3 Å². The Bertz CT molecular complexity index is 894. The molecule has 1 amide bonds. The van der Waals surface area contributed by atoms with Gasteiger partial charge in [-0.2, -0.15) is 0 Å². The zero-order valence-corrected chi connectivity index (χ0v) is 14.0. The van der Waals surface area contributed by atoms with Crippen LogP contribution in [0, 0.1) is 13.8 Å². The Kier molecular flexibility index (Phi) is 3.45. The summed E-state index contributed by atoms with van der Waals surface area (Å²) in [5.41, 5.74) is 2.54. The first-order valence-electron chi connectivity index (χ1n) is 7.87. The first kappa shape index (κ1) is 14.5. The van der Waals surface area contributed by atoms with Crippen LogP contribution in [0.15, 0.2) is 28.7 Å². The van der Waals surface area contributed by atoms with Crippen LogP contribution in [0.5, 0.6) is 0 Å². The average Bonchev–Trinajstić information content (AvgIpc) is 3.07. The van der Waals surface area contributed by atoms with E-state index in [1.807, 2.05) is 38.1 Å². The number of fused-ring (bicyclic) bond motifs is 2. The first-order chi connectivity index (χ1) is 11.1. The molecule has 0 radical (unpaired) electrons. The Hall–Kier alpha value is -2.14. The minimum atomic E-state index is -0.0470. The molecule has 0 aliphatic heterocycles. The largest absolute Gasteiger partial charge is 0.461 e. The van der Waals surface area contributed by atoms with Crippen LogP contribution in [-0.4, -0.2) is 10.9 Å². The topological polar surface area (TPSA) is 55.1 Å². The molecule has 1 unspecified atom stereocenters. The Morgan fingerprint density at radius 3 is 3.09 bits per heavy atom. The summed E-state index contributed by atoms with van der Waals surface area (Å²) in [6.07, 6.45) is 3.13. The molecular weight excluding hydrogens is 308 g/mol. The second kappa shape index (κ2) is 5.49. The van der Waals surface area contributed by atoms with E-state index in [0.29, 0.717) is 5.56 Å². The number of rotatable bonds is 2. The van der Waals surface area contributed by atoms with Gasteiger partial charge >= 0.3 is 0 Å². The van der Waals surface area contributed by atoms with Crippen molar-refractivity contribution in [2.45, 2.75) is 39.2 Å². The molecule has 118 valence electrons. The fraction of sp³-hybridized carbons (Fsp3) is 0.333. The lowest BCUT2D eigenvalue weighted by Gasteiger charge is -2.22. The third kappa shape index (κ3) is 2.65. The van der Waals surface area contributed by atoms with Gasteiger partial charge in [0.2, 0.25) is 0 Å². The second-order valence-electron chi connectivity index (χ2n) is 6.07. The number of nitrogens with one attached hydrogen (secondary N) is 1. The highest BCUT2D eigenvalue weighted by Crippen LogP contribution is 2.33. The third-order valence-electron chi connectivity index (χ3n) is 4.27. The summed E-state index contributed by atoms with van der Waals surface area (Å²) in [4.78, 5) is 18.6. The fourth-order valence-electron chi connectivity index (χ4n) is 3.24. The summed E-state index contributed by atoms with van der Waals surface area (Å²) in [6, 6.07) is 7.54. The maximum Gasteiger partial charge on any atom is 0.251 e. The molecule has 1 aliphatic rings. The molecule has 4 nitrogen and oxygen atoms in total. The summed E-state index contributed by atoms with van der Waals surface area (Å²) in [5.74, 6) is 0.807. The Labute approximate surface area is 138 Å². The normalized spacial score (nSPS) is 17.2. The van der Waals surface area contributed by atoms with Gasteiger partial charge in [-0.25, -0.2) is 4.98 Å². The van der Waals surface area contributed by atoms with Gasteiger partial charge in [0.1, 0.15) is 11.3 Å². The minimum absolute atomic E-state index is 0.0259. The first-order valence-corrected chi connectivity index (χ1v) is 8.69. The quantitative estimate of drug-likeness (QED) is 0.763. The van der Waals surface area contributed by atoms with E-state index in [4.69, 9.17) is 4.42 Å². The van der Waals surface area contributed by atoms with E-state index < -0.39 is 0 Å². The highest BCUT2D eigenvalue weighted by molar-refractivity contribution is 7.11. The summed E-state index contributed by atoms with van der Waals surface area (Å²) in [7, 11) is 0. The molecule has 5 heteroatoms. The second-order valence-corrected chi connectivity index (χ2v) is 7.36. The van der Waals surface area contributed by atoms with Crippen molar-refractivity contribution in [3.05, 3.63) is 51.2 Å². The predicted octanol–water partition coefficient (Wildman–Crippen LogP) is 4.31. The van der Waals surface area contributed by atoms with E-state index in [-0.39, 0.29) is 11.9 Å². The number of aromatic nitrogens is 1. The van der Waals surface area contributed by atoms with Crippen LogP contribution in [0.2, 0.25) is 0 Å². The van der Waals surface area contributed by atoms with Gasteiger partial charge < -0.3 is 9.73 Å². The van der Waals surface area contributed by atoms with Crippen molar-refractivity contribution in [2.75, 3.05) is 0 Å². The number of furan rings is 1. The van der Waals surface area contributed by atoms with Crippen LogP contribution >= 0.6 is 11.3 Å². The van der Waals surface area contributed by atoms with Crippen LogP contribution in [0.4, 0.5) is 0 Å². The minimum Gasteiger partial charge on any atom is -0.461 e. The molecule has 2 aromatic heterocycles. The van der Waals surface area contributed by atoms with Gasteiger partial charge in [-0.3, -0.25) is 4.79 Å². The van der Waals surface area contributed by atoms with Gasteiger partial charge in [0, 0.05) is 15.8 Å². The molecule has 0 bridgehead atoms. The highest BCUT2D eigenvalue weighted by Gasteiger charge is 2.25. The fourth-order valence-corrected chi connectivity index (χ4v) is 4.28. The third-order valence-corrected chi connectivity index (χ3v) is 5.31. The summed E-state index contributed by atoms with van der Waals surface area (Å²) in [5, 5.41) is 5.19. The number of nitrogens with zero attached hydrogens (tertiary/aromatic N) is 1. The summed E-state index contributed by atoms with van der Waals surface area (Å²) < 4.78 is 5.56. The molecule has 2 heterocycles. The van der Waals surface area contributed by atoms with Crippen molar-refractivity contribution in [3.8, 4) is 0 Å². The lowest BCUT2D eigenvalue weighted by Crippen LogP contribution is -2.30. The van der Waals surface area contributed by atoms with Gasteiger partial charge in [-0.1, -0.05) is 0 Å². The standard InChI is InChI=1S/C18H18N2O2S/c1-10-8-13-9-12(6-7-15(13)22-10)18(21)20-14-4-3-5-16-17(14)19-11(2)23-16/h6-9,14H,3-5H2,1-2H3,(H,20,21). The van der Waals surface area contributed by atoms with Crippen LogP contribution < -0.4 is 5.32 Å². The van der Waals surface area contributed by atoms with E-state index in [1.54, 1.807) is 11.3 Å². The number of hydrogen-bond acceptors (Lipinski definition) is 4. The molecule has 0 fully saturated rings. The lowest BCUT2D eigenvalue weighted by molar-refractivity contribution is 0.0932. The lowest BCUT2D eigenvalue weighted by atomic mass is 9.97. The maximum absolute atomic E-state index is 12.6. The van der Waals surface area contributed by atoms with E-state index >= 15 is 0 Å². The molecule has 0 spiro atoms. The number of thiazole rings is 1. The number of amides is 1. The number of benzene rings is 1. The Balaban J connectivity index is 1.59. The number of hydrogen-bond donors (Lipinski definition) is 1. The Morgan fingerprint density at radius 2 is 2.22 bits per heavy atom. The molecule has 0 saturated carbocycles. The molecular formula is C18H18N2O2S. The van der Waals surface area contributed by atoms with Gasteiger partial charge in [0.15, 0.2) is 0 Å². The summed E-state index contributed by atoms with van der Waals surface area (Å²) in [6.45, 7) is 3.94. The zero-order valence-electron chi connectivity index (χ0n) is 13.2. The number of aryl methyl sites for hydroxylation is 3. The average molecular weight is 326 g/mol. The Morgan fingerprint density at radius 1 is 1.35 bits per heavy atom. The van der Waals surface area contributed by atoms with Gasteiger partial charge in [0.05, 0.1) is 16.7 Å². The molecule has 1 aliphatic carbocycles. The molecule has 1 aromatic carbocycles. The smallest absolute Gasteiger partial charge is 0.251 e. The van der Waals surface area contributed by atoms with Crippen molar-refractivity contribution in [2.24, 2.45) is 0 Å². The van der Waals surface area contributed by atoms with Crippen molar-refractivity contribution in [1.29, 1.82) is 0 Å². The zero-order chi connectivity index (χ0) is 16.0. The maximum atomic E-state index is 12.6. The van der Waals surface area contributed by atoms with Gasteiger partial charge in [0.25, 0.3) is 5.91 Å². The van der Waals surface area contributed by atoms with Crippen LogP contribution in [0.25, 0.3) is 11.0 Å². The molecule has 1 N–H and O–H groups in total. The molecule has 4 rings (SSSR count). The monoisotopic (exact) mass is 326 g/mol. The number of carbonyl (C=O) groups excluding carboxylic acids is 1. The van der Waals surface area contributed by atoms with Crippen molar-refractivity contribution in [3.63, 3.8) is 0 Å². The highest BCUT2D eigenvalue weighted by atomic mass is 32.1. The van der Waals surface area contributed by atoms with E-state index in [0.717, 1.165) is 46.7 Å². The van der Waals surface area contributed by atoms with Gasteiger partial charge in [-0.05, 0) is 57.4 Å². The van der Waals surface area contributed by atoms with E-state index in [9.17, 15) is 4.79 Å². The van der Waals surface area contributed by atoms with Crippen molar-refractivity contribution < 1.29 is 9.21 Å². The molecule has 23 heavy (non-hydrogen) atoms. The molecule has 0 saturated heterocycles. The number of carbonyl (C=O) groups is 1. The van der Waals surface area contributed by atoms with Crippen LogP contribution in [0.3, 0.4) is 0 Å². The SMILES string of the molecule is Cc1cc2cc(C(=O)NC3CCCc4sc(C)nc43)ccc2o1. The van der Waals surface area contributed by atoms with Crippen LogP contribution in [0.1, 0.15) is 50.6 Å². The predicted molar refractivity (Wildman–Crippen MR) is 90.9 cm³/mol. The van der Waals surface area contributed by atoms with E-state index in [2.05, 4.69) is 10.3 Å².